The fraction of sp³-hybridized carbons (Fsp3) is 0.429. The molecule has 2 aromatic rings. The Morgan fingerprint density at radius 2 is 2.06 bits per heavy atom. The minimum atomic E-state index is 0.231. The zero-order valence-electron chi connectivity index (χ0n) is 10.8. The first-order valence-corrected chi connectivity index (χ1v) is 6.28. The second kappa shape index (κ2) is 4.21. The van der Waals surface area contributed by atoms with Crippen molar-refractivity contribution in [3.63, 3.8) is 0 Å². The maximum atomic E-state index is 5.83. The molecule has 1 aromatic carbocycles. The molecule has 4 nitrogen and oxygen atoms in total. The largest absolute Gasteiger partial charge is 0.454 e. The van der Waals surface area contributed by atoms with E-state index in [0.29, 0.717) is 6.79 Å². The van der Waals surface area contributed by atoms with Crippen molar-refractivity contribution in [2.24, 2.45) is 12.8 Å². The van der Waals surface area contributed by atoms with Crippen molar-refractivity contribution >= 4 is 10.9 Å². The lowest BCUT2D eigenvalue weighted by Gasteiger charge is -2.04. The van der Waals surface area contributed by atoms with Crippen LogP contribution < -0.4 is 15.2 Å². The van der Waals surface area contributed by atoms with Gasteiger partial charge in [-0.25, -0.2) is 0 Å². The Hall–Kier alpha value is -1.68. The Bertz CT molecular complexity index is 587. The maximum Gasteiger partial charge on any atom is 0.231 e. The van der Waals surface area contributed by atoms with Gasteiger partial charge in [0.15, 0.2) is 11.5 Å². The lowest BCUT2D eigenvalue weighted by Crippen LogP contribution is -2.15. The molecule has 0 aliphatic carbocycles. The van der Waals surface area contributed by atoms with Crippen LogP contribution in [0.15, 0.2) is 18.3 Å². The van der Waals surface area contributed by atoms with Gasteiger partial charge in [-0.2, -0.15) is 0 Å². The number of fused-ring (bicyclic) bond motifs is 2. The summed E-state index contributed by atoms with van der Waals surface area (Å²) in [7, 11) is 2.06. The predicted octanol–water partition coefficient (Wildman–Crippen LogP) is 2.19. The number of rotatable bonds is 3. The molecule has 1 unspecified atom stereocenters. The zero-order valence-corrected chi connectivity index (χ0v) is 10.8. The fourth-order valence-corrected chi connectivity index (χ4v) is 2.44. The van der Waals surface area contributed by atoms with Crippen LogP contribution >= 0.6 is 0 Å². The summed E-state index contributed by atoms with van der Waals surface area (Å²) in [5.41, 5.74) is 8.33. The second-order valence-corrected chi connectivity index (χ2v) is 5.00. The molecule has 0 bridgehead atoms. The molecule has 96 valence electrons. The van der Waals surface area contributed by atoms with Crippen molar-refractivity contribution in [3.8, 4) is 11.5 Å². The number of nitrogens with zero attached hydrogens (tertiary/aromatic N) is 1. The molecule has 2 N–H and O–H groups in total. The van der Waals surface area contributed by atoms with Crippen LogP contribution in [0.5, 0.6) is 11.5 Å². The highest BCUT2D eigenvalue weighted by molar-refractivity contribution is 5.87. The van der Waals surface area contributed by atoms with Crippen LogP contribution in [0.4, 0.5) is 0 Å². The highest BCUT2D eigenvalue weighted by Crippen LogP contribution is 2.37. The van der Waals surface area contributed by atoms with E-state index in [2.05, 4.69) is 23.9 Å². The lowest BCUT2D eigenvalue weighted by molar-refractivity contribution is 0.174. The van der Waals surface area contributed by atoms with E-state index in [-0.39, 0.29) is 6.04 Å². The van der Waals surface area contributed by atoms with Gasteiger partial charge in [0, 0.05) is 30.7 Å². The fourth-order valence-electron chi connectivity index (χ4n) is 2.44. The Balaban J connectivity index is 2.05. The zero-order chi connectivity index (χ0) is 12.7. The summed E-state index contributed by atoms with van der Waals surface area (Å²) in [6.07, 6.45) is 4.16. The SMILES string of the molecule is CC(N)CCc1cn(C)c2cc3c(cc12)OCO3. The van der Waals surface area contributed by atoms with Gasteiger partial charge >= 0.3 is 0 Å². The summed E-state index contributed by atoms with van der Waals surface area (Å²) >= 11 is 0. The quantitative estimate of drug-likeness (QED) is 0.903. The predicted molar refractivity (Wildman–Crippen MR) is 71.0 cm³/mol. The van der Waals surface area contributed by atoms with E-state index in [0.717, 1.165) is 24.3 Å². The van der Waals surface area contributed by atoms with Crippen molar-refractivity contribution < 1.29 is 9.47 Å². The third-order valence-electron chi connectivity index (χ3n) is 3.44. The van der Waals surface area contributed by atoms with Crippen LogP contribution in [-0.2, 0) is 13.5 Å². The summed E-state index contributed by atoms with van der Waals surface area (Å²) in [5, 5.41) is 1.24. The molecule has 4 heteroatoms. The molecule has 1 aliphatic rings. The van der Waals surface area contributed by atoms with Crippen LogP contribution in [0.1, 0.15) is 18.9 Å². The van der Waals surface area contributed by atoms with Gasteiger partial charge in [-0.1, -0.05) is 0 Å². The van der Waals surface area contributed by atoms with E-state index in [9.17, 15) is 0 Å². The van der Waals surface area contributed by atoms with Crippen molar-refractivity contribution in [3.05, 3.63) is 23.9 Å². The number of hydrogen-bond donors (Lipinski definition) is 1. The van der Waals surface area contributed by atoms with Crippen LogP contribution in [0.25, 0.3) is 10.9 Å². The first-order valence-electron chi connectivity index (χ1n) is 6.28. The van der Waals surface area contributed by atoms with E-state index in [1.807, 2.05) is 13.0 Å². The molecule has 1 aromatic heterocycles. The normalized spacial score (nSPS) is 15.3. The van der Waals surface area contributed by atoms with E-state index < -0.39 is 0 Å². The molecule has 0 spiro atoms. The number of aromatic nitrogens is 1. The van der Waals surface area contributed by atoms with Gasteiger partial charge in [0.25, 0.3) is 0 Å². The molecule has 2 heterocycles. The summed E-state index contributed by atoms with van der Waals surface area (Å²) in [5.74, 6) is 1.68. The molecule has 1 aliphatic heterocycles. The first-order chi connectivity index (χ1) is 8.65. The van der Waals surface area contributed by atoms with Crippen LogP contribution in [0, 0.1) is 0 Å². The van der Waals surface area contributed by atoms with Gasteiger partial charge in [0.2, 0.25) is 6.79 Å². The molecule has 0 saturated heterocycles. The van der Waals surface area contributed by atoms with Crippen molar-refractivity contribution in [2.45, 2.75) is 25.8 Å². The van der Waals surface area contributed by atoms with Crippen molar-refractivity contribution in [1.29, 1.82) is 0 Å². The summed E-state index contributed by atoms with van der Waals surface area (Å²) < 4.78 is 13.0. The smallest absolute Gasteiger partial charge is 0.231 e. The number of benzene rings is 1. The van der Waals surface area contributed by atoms with Gasteiger partial charge in [-0.05, 0) is 31.4 Å². The highest BCUT2D eigenvalue weighted by Gasteiger charge is 2.17. The van der Waals surface area contributed by atoms with Crippen molar-refractivity contribution in [2.75, 3.05) is 6.79 Å². The average Bonchev–Trinajstić information content (AvgIpc) is 2.89. The van der Waals surface area contributed by atoms with Gasteiger partial charge in [0.05, 0.1) is 5.52 Å². The topological polar surface area (TPSA) is 49.4 Å². The third kappa shape index (κ3) is 1.82. The Morgan fingerprint density at radius 1 is 1.33 bits per heavy atom. The van der Waals surface area contributed by atoms with Gasteiger partial charge in [-0.15, -0.1) is 0 Å². The summed E-state index contributed by atoms with van der Waals surface area (Å²) in [6, 6.07) is 4.36. The van der Waals surface area contributed by atoms with Crippen LogP contribution in [0.3, 0.4) is 0 Å². The standard InChI is InChI=1S/C14H18N2O2/c1-9(15)3-4-10-7-16(2)12-6-14-13(5-11(10)12)17-8-18-14/h5-7,9H,3-4,8,15H2,1-2H3. The van der Waals surface area contributed by atoms with Gasteiger partial charge in [0.1, 0.15) is 0 Å². The summed E-state index contributed by atoms with van der Waals surface area (Å²) in [6.45, 7) is 2.36. The number of ether oxygens (including phenoxy) is 2. The van der Waals surface area contributed by atoms with Crippen LogP contribution in [-0.4, -0.2) is 17.4 Å². The highest BCUT2D eigenvalue weighted by atomic mass is 16.7. The Morgan fingerprint density at radius 3 is 2.78 bits per heavy atom. The minimum absolute atomic E-state index is 0.231. The molecule has 0 radical (unpaired) electrons. The number of nitrogens with two attached hydrogens (primary N) is 1. The van der Waals surface area contributed by atoms with E-state index in [1.54, 1.807) is 0 Å². The minimum Gasteiger partial charge on any atom is -0.454 e. The average molecular weight is 246 g/mol. The van der Waals surface area contributed by atoms with Gasteiger partial charge < -0.3 is 19.8 Å². The molecule has 0 amide bonds. The van der Waals surface area contributed by atoms with Crippen LogP contribution in [0.2, 0.25) is 0 Å². The summed E-state index contributed by atoms with van der Waals surface area (Å²) in [4.78, 5) is 0. The molecule has 1 atom stereocenters. The van der Waals surface area contributed by atoms with Crippen molar-refractivity contribution in [1.82, 2.24) is 4.57 Å². The molecule has 0 fully saturated rings. The van der Waals surface area contributed by atoms with E-state index >= 15 is 0 Å². The second-order valence-electron chi connectivity index (χ2n) is 5.00. The number of aryl methyl sites for hydroxylation is 2. The first kappa shape index (κ1) is 11.4. The third-order valence-corrected chi connectivity index (χ3v) is 3.44. The monoisotopic (exact) mass is 246 g/mol. The lowest BCUT2D eigenvalue weighted by atomic mass is 10.1. The Labute approximate surface area is 106 Å². The van der Waals surface area contributed by atoms with E-state index in [1.165, 1.54) is 16.5 Å². The molecule has 18 heavy (non-hydrogen) atoms. The molecular weight excluding hydrogens is 228 g/mol. The molecular formula is C14H18N2O2. The number of hydrogen-bond acceptors (Lipinski definition) is 3. The van der Waals surface area contributed by atoms with E-state index in [4.69, 9.17) is 15.2 Å². The maximum absolute atomic E-state index is 5.83. The molecule has 0 saturated carbocycles. The Kier molecular flexibility index (Phi) is 2.67. The van der Waals surface area contributed by atoms with Gasteiger partial charge in [-0.3, -0.25) is 0 Å². The molecule has 3 rings (SSSR count).